The van der Waals surface area contributed by atoms with Crippen LogP contribution >= 0.6 is 22.9 Å². The average Bonchev–Trinajstić information content (AvgIpc) is 3.17. The summed E-state index contributed by atoms with van der Waals surface area (Å²) in [5.41, 5.74) is 0.390. The molecule has 2 aromatic heterocycles. The van der Waals surface area contributed by atoms with E-state index >= 15 is 0 Å². The number of likely N-dealkylation sites (tertiary alicyclic amines) is 1. The van der Waals surface area contributed by atoms with Gasteiger partial charge < -0.3 is 9.64 Å². The maximum Gasteiger partial charge on any atom is 0.206 e. The van der Waals surface area contributed by atoms with Crippen molar-refractivity contribution < 1.29 is 9.53 Å². The smallest absolute Gasteiger partial charge is 0.206 e. The van der Waals surface area contributed by atoms with Crippen molar-refractivity contribution >= 4 is 28.7 Å². The Kier molecular flexibility index (Phi) is 4.76. The molecule has 1 fully saturated rings. The number of nitrogens with zero attached hydrogens (tertiary/aromatic N) is 2. The topological polar surface area (TPSA) is 42.4 Å². The molecule has 0 saturated carbocycles. The van der Waals surface area contributed by atoms with Gasteiger partial charge in [0.2, 0.25) is 5.78 Å². The van der Waals surface area contributed by atoms with Crippen LogP contribution in [-0.4, -0.2) is 41.9 Å². The number of halogens is 1. The number of hydrogen-bond donors (Lipinski definition) is 0. The van der Waals surface area contributed by atoms with E-state index in [4.69, 9.17) is 16.3 Å². The van der Waals surface area contributed by atoms with Crippen LogP contribution in [0, 0.1) is 0 Å². The van der Waals surface area contributed by atoms with E-state index in [-0.39, 0.29) is 10.9 Å². The zero-order chi connectivity index (χ0) is 15.5. The molecule has 1 aliphatic heterocycles. The zero-order valence-corrected chi connectivity index (χ0v) is 13.9. The molecule has 22 heavy (non-hydrogen) atoms. The molecule has 0 bridgehead atoms. The van der Waals surface area contributed by atoms with Gasteiger partial charge in [-0.3, -0.25) is 4.79 Å². The molecule has 0 amide bonds. The molecule has 3 rings (SSSR count). The molecule has 0 aliphatic carbocycles. The number of pyridine rings is 1. The number of thiophene rings is 1. The van der Waals surface area contributed by atoms with Gasteiger partial charge in [0.05, 0.1) is 16.6 Å². The van der Waals surface area contributed by atoms with E-state index in [0.717, 1.165) is 13.0 Å². The van der Waals surface area contributed by atoms with Crippen molar-refractivity contribution in [2.24, 2.45) is 0 Å². The van der Waals surface area contributed by atoms with Crippen molar-refractivity contribution in [3.05, 3.63) is 45.4 Å². The number of ether oxygens (including phenoxy) is 1. The van der Waals surface area contributed by atoms with Gasteiger partial charge in [-0.15, -0.1) is 11.3 Å². The van der Waals surface area contributed by atoms with Crippen LogP contribution in [0.2, 0.25) is 5.15 Å². The standard InChI is InChI=1S/C16H17ClN2O2S/c1-19-6-2-4-11(19)10-21-12-8-13(16(17)18-9-12)15(20)14-5-3-7-22-14/h3,5,7-9,11H,2,4,6,10H2,1H3/t11-/m0/s1. The molecule has 2 aromatic rings. The summed E-state index contributed by atoms with van der Waals surface area (Å²) in [5, 5.41) is 2.08. The van der Waals surface area contributed by atoms with Crippen molar-refractivity contribution in [3.8, 4) is 5.75 Å². The monoisotopic (exact) mass is 336 g/mol. The summed E-state index contributed by atoms with van der Waals surface area (Å²) in [7, 11) is 2.10. The van der Waals surface area contributed by atoms with Crippen LogP contribution < -0.4 is 4.74 Å². The highest BCUT2D eigenvalue weighted by Gasteiger charge is 2.22. The molecule has 4 nitrogen and oxygen atoms in total. The lowest BCUT2D eigenvalue weighted by Gasteiger charge is -2.19. The van der Waals surface area contributed by atoms with E-state index in [1.54, 1.807) is 18.3 Å². The fourth-order valence-electron chi connectivity index (χ4n) is 2.59. The zero-order valence-electron chi connectivity index (χ0n) is 12.3. The van der Waals surface area contributed by atoms with Gasteiger partial charge in [0, 0.05) is 6.04 Å². The summed E-state index contributed by atoms with van der Waals surface area (Å²) in [6.45, 7) is 1.71. The van der Waals surface area contributed by atoms with E-state index in [1.807, 2.05) is 11.4 Å². The fraction of sp³-hybridized carbons (Fsp3) is 0.375. The molecular formula is C16H17ClN2O2S. The Morgan fingerprint density at radius 2 is 2.45 bits per heavy atom. The number of rotatable bonds is 5. The Morgan fingerprint density at radius 1 is 1.59 bits per heavy atom. The summed E-state index contributed by atoms with van der Waals surface area (Å²) in [5.74, 6) is 0.473. The highest BCUT2D eigenvalue weighted by molar-refractivity contribution is 7.12. The van der Waals surface area contributed by atoms with E-state index in [2.05, 4.69) is 16.9 Å². The maximum absolute atomic E-state index is 12.4. The van der Waals surface area contributed by atoms with Gasteiger partial charge >= 0.3 is 0 Å². The predicted molar refractivity (Wildman–Crippen MR) is 88.1 cm³/mol. The van der Waals surface area contributed by atoms with Crippen LogP contribution in [0.5, 0.6) is 5.75 Å². The van der Waals surface area contributed by atoms with Crippen LogP contribution in [0.15, 0.2) is 29.8 Å². The van der Waals surface area contributed by atoms with Crippen molar-refractivity contribution in [1.82, 2.24) is 9.88 Å². The van der Waals surface area contributed by atoms with Crippen molar-refractivity contribution in [3.63, 3.8) is 0 Å². The lowest BCUT2D eigenvalue weighted by Crippen LogP contribution is -2.30. The van der Waals surface area contributed by atoms with Crippen LogP contribution in [0.3, 0.4) is 0 Å². The first-order valence-electron chi connectivity index (χ1n) is 7.22. The number of carbonyl (C=O) groups excluding carboxylic acids is 1. The molecule has 0 aromatic carbocycles. The molecule has 0 unspecified atom stereocenters. The molecule has 0 N–H and O–H groups in total. The number of carbonyl (C=O) groups is 1. The second-order valence-electron chi connectivity index (χ2n) is 5.40. The maximum atomic E-state index is 12.4. The van der Waals surface area contributed by atoms with Gasteiger partial charge in [-0.2, -0.15) is 0 Å². The second-order valence-corrected chi connectivity index (χ2v) is 6.71. The quantitative estimate of drug-likeness (QED) is 0.619. The van der Waals surface area contributed by atoms with Crippen molar-refractivity contribution in [1.29, 1.82) is 0 Å². The molecule has 0 spiro atoms. The van der Waals surface area contributed by atoms with E-state index in [9.17, 15) is 4.79 Å². The highest BCUT2D eigenvalue weighted by Crippen LogP contribution is 2.25. The minimum absolute atomic E-state index is 0.115. The third-order valence-corrected chi connectivity index (χ3v) is 5.09. The van der Waals surface area contributed by atoms with Crippen LogP contribution in [0.25, 0.3) is 0 Å². The largest absolute Gasteiger partial charge is 0.490 e. The van der Waals surface area contributed by atoms with Gasteiger partial charge in [-0.1, -0.05) is 17.7 Å². The number of aromatic nitrogens is 1. The molecule has 1 aliphatic rings. The Balaban J connectivity index is 1.73. The van der Waals surface area contributed by atoms with Gasteiger partial charge in [0.1, 0.15) is 17.5 Å². The Bertz CT molecular complexity index is 660. The van der Waals surface area contributed by atoms with Crippen LogP contribution in [-0.2, 0) is 0 Å². The lowest BCUT2D eigenvalue weighted by atomic mass is 10.1. The highest BCUT2D eigenvalue weighted by atomic mass is 35.5. The van der Waals surface area contributed by atoms with Crippen LogP contribution in [0.4, 0.5) is 0 Å². The van der Waals surface area contributed by atoms with Gasteiger partial charge in [-0.05, 0) is 43.9 Å². The normalized spacial score (nSPS) is 18.5. The SMILES string of the molecule is CN1CCC[C@H]1COc1cnc(Cl)c(C(=O)c2cccs2)c1. The molecule has 1 atom stereocenters. The summed E-state index contributed by atoms with van der Waals surface area (Å²) in [6.07, 6.45) is 3.91. The first-order valence-corrected chi connectivity index (χ1v) is 8.47. The third-order valence-electron chi connectivity index (χ3n) is 3.92. The fourth-order valence-corrected chi connectivity index (χ4v) is 3.46. The first kappa shape index (κ1) is 15.5. The summed E-state index contributed by atoms with van der Waals surface area (Å²) < 4.78 is 5.81. The summed E-state index contributed by atoms with van der Waals surface area (Å²) >= 11 is 7.46. The molecule has 1 saturated heterocycles. The third kappa shape index (κ3) is 3.32. The summed E-state index contributed by atoms with van der Waals surface area (Å²) in [6, 6.07) is 5.73. The Hall–Kier alpha value is -1.43. The Morgan fingerprint density at radius 3 is 3.14 bits per heavy atom. The first-order chi connectivity index (χ1) is 10.6. The Labute approximate surface area is 138 Å². The number of ketones is 1. The summed E-state index contributed by atoms with van der Waals surface area (Å²) in [4.78, 5) is 19.4. The lowest BCUT2D eigenvalue weighted by molar-refractivity contribution is 0.104. The second kappa shape index (κ2) is 6.77. The average molecular weight is 337 g/mol. The minimum Gasteiger partial charge on any atom is -0.490 e. The van der Waals surface area contributed by atoms with Gasteiger partial charge in [0.25, 0.3) is 0 Å². The van der Waals surface area contributed by atoms with E-state index in [0.29, 0.717) is 28.8 Å². The molecular weight excluding hydrogens is 320 g/mol. The van der Waals surface area contributed by atoms with Gasteiger partial charge in [-0.25, -0.2) is 4.98 Å². The van der Waals surface area contributed by atoms with Crippen molar-refractivity contribution in [2.45, 2.75) is 18.9 Å². The molecule has 116 valence electrons. The molecule has 6 heteroatoms. The van der Waals surface area contributed by atoms with E-state index < -0.39 is 0 Å². The molecule has 0 radical (unpaired) electrons. The molecule has 3 heterocycles. The predicted octanol–water partition coefficient (Wildman–Crippen LogP) is 3.50. The number of hydrogen-bond acceptors (Lipinski definition) is 5. The van der Waals surface area contributed by atoms with E-state index in [1.165, 1.54) is 17.8 Å². The van der Waals surface area contributed by atoms with Gasteiger partial charge in [0.15, 0.2) is 0 Å². The number of likely N-dealkylation sites (N-methyl/N-ethyl adjacent to an activating group) is 1. The van der Waals surface area contributed by atoms with Crippen LogP contribution in [0.1, 0.15) is 28.1 Å². The van der Waals surface area contributed by atoms with Crippen molar-refractivity contribution in [2.75, 3.05) is 20.2 Å². The minimum atomic E-state index is -0.115.